The van der Waals surface area contributed by atoms with E-state index in [-0.39, 0.29) is 12.5 Å². The molecule has 1 fully saturated rings. The number of carbonyl (C=O) groups excluding carboxylic acids is 1. The third-order valence-electron chi connectivity index (χ3n) is 4.96. The number of rotatable bonds is 6. The van der Waals surface area contributed by atoms with Crippen LogP contribution in [0.4, 0.5) is 5.69 Å². The molecular formula is C25H19BrCl2N2O3S. The number of hydrogen-bond donors (Lipinski definition) is 0. The molecule has 0 bridgehead atoms. The van der Waals surface area contributed by atoms with Crippen molar-refractivity contribution in [3.8, 4) is 11.5 Å². The maximum absolute atomic E-state index is 12.9. The number of carbonyl (C=O) groups is 1. The number of amides is 1. The quantitative estimate of drug-likeness (QED) is 0.283. The van der Waals surface area contributed by atoms with Gasteiger partial charge in [0.2, 0.25) is 0 Å². The van der Waals surface area contributed by atoms with E-state index in [1.807, 2.05) is 54.6 Å². The number of likely N-dealkylation sites (N-methyl/N-ethyl adjacent to an activating group) is 1. The van der Waals surface area contributed by atoms with Crippen molar-refractivity contribution >= 4 is 73.7 Å². The minimum Gasteiger partial charge on any atom is -0.497 e. The summed E-state index contributed by atoms with van der Waals surface area (Å²) in [7, 11) is 3.32. The van der Waals surface area contributed by atoms with Crippen molar-refractivity contribution in [1.29, 1.82) is 0 Å². The molecule has 0 unspecified atom stereocenters. The summed E-state index contributed by atoms with van der Waals surface area (Å²) in [6.07, 6.45) is 1.81. The number of nitrogens with zero attached hydrogens (tertiary/aromatic N) is 2. The van der Waals surface area contributed by atoms with E-state index >= 15 is 0 Å². The molecule has 1 aliphatic rings. The van der Waals surface area contributed by atoms with Gasteiger partial charge in [-0.1, -0.05) is 45.2 Å². The van der Waals surface area contributed by atoms with Gasteiger partial charge in [-0.3, -0.25) is 9.69 Å². The predicted octanol–water partition coefficient (Wildman–Crippen LogP) is 7.58. The van der Waals surface area contributed by atoms with E-state index in [2.05, 4.69) is 20.9 Å². The van der Waals surface area contributed by atoms with Crippen molar-refractivity contribution in [2.75, 3.05) is 14.2 Å². The summed E-state index contributed by atoms with van der Waals surface area (Å²) in [4.78, 5) is 19.6. The van der Waals surface area contributed by atoms with Crippen LogP contribution in [0.2, 0.25) is 10.0 Å². The van der Waals surface area contributed by atoms with Gasteiger partial charge < -0.3 is 9.47 Å². The number of benzene rings is 3. The van der Waals surface area contributed by atoms with E-state index in [4.69, 9.17) is 32.7 Å². The second kappa shape index (κ2) is 10.9. The van der Waals surface area contributed by atoms with Crippen LogP contribution in [0.15, 0.2) is 75.0 Å². The number of thioether (sulfide) groups is 1. The largest absolute Gasteiger partial charge is 0.497 e. The fraction of sp³-hybridized carbons (Fsp3) is 0.120. The molecule has 0 N–H and O–H groups in total. The lowest BCUT2D eigenvalue weighted by atomic mass is 10.1. The summed E-state index contributed by atoms with van der Waals surface area (Å²) in [6.45, 7) is 0.263. The van der Waals surface area contributed by atoms with Crippen molar-refractivity contribution in [2.45, 2.75) is 6.61 Å². The van der Waals surface area contributed by atoms with Crippen LogP contribution >= 0.6 is 50.9 Å². The Hall–Kier alpha value is -2.45. The van der Waals surface area contributed by atoms with Gasteiger partial charge in [-0.25, -0.2) is 4.99 Å². The van der Waals surface area contributed by atoms with E-state index in [0.717, 1.165) is 27.0 Å². The second-order valence-electron chi connectivity index (χ2n) is 7.27. The highest BCUT2D eigenvalue weighted by atomic mass is 79.9. The summed E-state index contributed by atoms with van der Waals surface area (Å²) < 4.78 is 12.1. The lowest BCUT2D eigenvalue weighted by Crippen LogP contribution is -2.23. The van der Waals surface area contributed by atoms with E-state index in [1.54, 1.807) is 26.3 Å². The van der Waals surface area contributed by atoms with Gasteiger partial charge in [0.15, 0.2) is 5.17 Å². The zero-order chi connectivity index (χ0) is 24.2. The number of halogens is 3. The molecule has 0 saturated carbocycles. The van der Waals surface area contributed by atoms with Gasteiger partial charge in [-0.2, -0.15) is 0 Å². The molecule has 0 aliphatic carbocycles. The smallest absolute Gasteiger partial charge is 0.266 e. The molecular weight excluding hydrogens is 559 g/mol. The first-order chi connectivity index (χ1) is 16.3. The summed E-state index contributed by atoms with van der Waals surface area (Å²) >= 11 is 17.1. The van der Waals surface area contributed by atoms with Crippen LogP contribution in [0, 0.1) is 0 Å². The maximum atomic E-state index is 12.9. The number of amidine groups is 1. The minimum absolute atomic E-state index is 0.135. The molecule has 3 aromatic carbocycles. The Morgan fingerprint density at radius 2 is 1.85 bits per heavy atom. The van der Waals surface area contributed by atoms with Crippen LogP contribution in [-0.4, -0.2) is 30.1 Å². The van der Waals surface area contributed by atoms with Gasteiger partial charge in [0.05, 0.1) is 17.7 Å². The number of ether oxygens (including phenoxy) is 2. The third-order valence-corrected chi connectivity index (χ3v) is 7.10. The summed E-state index contributed by atoms with van der Waals surface area (Å²) in [5, 5.41) is 1.69. The topological polar surface area (TPSA) is 51.1 Å². The zero-order valence-electron chi connectivity index (χ0n) is 18.2. The second-order valence-corrected chi connectivity index (χ2v) is 10.0. The molecule has 0 radical (unpaired) electrons. The Morgan fingerprint density at radius 1 is 1.09 bits per heavy atom. The van der Waals surface area contributed by atoms with E-state index in [0.29, 0.717) is 25.9 Å². The van der Waals surface area contributed by atoms with Gasteiger partial charge in [0, 0.05) is 32.7 Å². The Labute approximate surface area is 220 Å². The first-order valence-electron chi connectivity index (χ1n) is 10.1. The number of aliphatic imine (C=N–C) groups is 1. The average molecular weight is 578 g/mol. The zero-order valence-corrected chi connectivity index (χ0v) is 22.1. The van der Waals surface area contributed by atoms with Crippen LogP contribution in [0.3, 0.4) is 0 Å². The molecule has 4 rings (SSSR count). The van der Waals surface area contributed by atoms with E-state index in [1.165, 1.54) is 16.7 Å². The van der Waals surface area contributed by atoms with Gasteiger partial charge in [-0.15, -0.1) is 0 Å². The monoisotopic (exact) mass is 576 g/mol. The highest BCUT2D eigenvalue weighted by molar-refractivity contribution is 9.10. The highest BCUT2D eigenvalue weighted by Crippen LogP contribution is 2.36. The van der Waals surface area contributed by atoms with Crippen molar-refractivity contribution in [3.63, 3.8) is 0 Å². The van der Waals surface area contributed by atoms with Gasteiger partial charge >= 0.3 is 0 Å². The molecule has 34 heavy (non-hydrogen) atoms. The van der Waals surface area contributed by atoms with Crippen molar-refractivity contribution in [2.24, 2.45) is 4.99 Å². The minimum atomic E-state index is -0.135. The molecule has 0 spiro atoms. The van der Waals surface area contributed by atoms with Gasteiger partial charge in [-0.05, 0) is 72.4 Å². The maximum Gasteiger partial charge on any atom is 0.266 e. The molecule has 0 atom stereocenters. The van der Waals surface area contributed by atoms with Crippen molar-refractivity contribution in [3.05, 3.63) is 91.2 Å². The van der Waals surface area contributed by atoms with E-state index < -0.39 is 0 Å². The van der Waals surface area contributed by atoms with Gasteiger partial charge in [0.25, 0.3) is 5.91 Å². The molecule has 0 aromatic heterocycles. The molecule has 174 valence electrons. The van der Waals surface area contributed by atoms with Crippen molar-refractivity contribution < 1.29 is 14.3 Å². The van der Waals surface area contributed by atoms with E-state index in [9.17, 15) is 4.79 Å². The van der Waals surface area contributed by atoms with Crippen molar-refractivity contribution in [1.82, 2.24) is 4.90 Å². The third kappa shape index (κ3) is 5.78. The van der Waals surface area contributed by atoms with Crippen LogP contribution in [-0.2, 0) is 11.4 Å². The Balaban J connectivity index is 1.58. The molecule has 5 nitrogen and oxygen atoms in total. The van der Waals surface area contributed by atoms with Crippen LogP contribution < -0.4 is 9.47 Å². The number of methoxy groups -OCH3 is 1. The highest BCUT2D eigenvalue weighted by Gasteiger charge is 2.30. The Morgan fingerprint density at radius 3 is 2.56 bits per heavy atom. The molecule has 9 heteroatoms. The Bertz CT molecular complexity index is 1300. The average Bonchev–Trinajstić information content (AvgIpc) is 3.07. The lowest BCUT2D eigenvalue weighted by Gasteiger charge is -2.11. The fourth-order valence-electron chi connectivity index (χ4n) is 3.12. The Kier molecular flexibility index (Phi) is 7.88. The normalized spacial score (nSPS) is 15.9. The van der Waals surface area contributed by atoms with Crippen LogP contribution in [0.5, 0.6) is 11.5 Å². The summed E-state index contributed by atoms with van der Waals surface area (Å²) in [5.74, 6) is 1.23. The number of hydrogen-bond acceptors (Lipinski definition) is 5. The van der Waals surface area contributed by atoms with Gasteiger partial charge in [0.1, 0.15) is 18.1 Å². The molecule has 1 amide bonds. The molecule has 1 heterocycles. The summed E-state index contributed by atoms with van der Waals surface area (Å²) in [6, 6.07) is 18.2. The first-order valence-corrected chi connectivity index (χ1v) is 12.5. The first kappa shape index (κ1) is 24.7. The molecule has 1 aliphatic heterocycles. The standard InChI is InChI=1S/C25H19BrCl2N2O3S/c1-30-24(31)23(34-25(30)29-19-6-8-20(32-2)9-7-19)12-16-11-17(26)4-10-22(16)33-14-15-3-5-18(27)13-21(15)28/h3-13H,14H2,1-2H3/b23-12-,29-25?. The van der Waals surface area contributed by atoms with Crippen LogP contribution in [0.25, 0.3) is 6.08 Å². The molecule has 3 aromatic rings. The fourth-order valence-corrected chi connectivity index (χ4v) is 4.94. The van der Waals surface area contributed by atoms with Crippen LogP contribution in [0.1, 0.15) is 11.1 Å². The predicted molar refractivity (Wildman–Crippen MR) is 143 cm³/mol. The summed E-state index contributed by atoms with van der Waals surface area (Å²) in [5.41, 5.74) is 2.30. The molecule has 1 saturated heterocycles. The lowest BCUT2D eigenvalue weighted by molar-refractivity contribution is -0.121. The SMILES string of the molecule is COc1ccc(N=C2S/C(=C\c3cc(Br)ccc3OCc3ccc(Cl)cc3Cl)C(=O)N2C)cc1.